The van der Waals surface area contributed by atoms with E-state index < -0.39 is 0 Å². The molecule has 1 aliphatic carbocycles. The molecule has 2 aliphatic rings. The highest BCUT2D eigenvalue weighted by atomic mass is 16.2. The lowest BCUT2D eigenvalue weighted by atomic mass is 9.80. The summed E-state index contributed by atoms with van der Waals surface area (Å²) in [6.45, 7) is 6.50. The zero-order valence-corrected chi connectivity index (χ0v) is 16.2. The van der Waals surface area contributed by atoms with E-state index in [0.717, 1.165) is 43.3 Å². The Bertz CT molecular complexity index is 703. The molecule has 2 fully saturated rings. The standard InChI is InChI=1S/C21H29N3O3/c1-15-3-8-19(16(2)13-15)22-20(26)17-4-6-18(7-5-17)21(27)24-11-9-23(14-25)10-12-24/h3,8,13-14,17-18H,4-7,9-12H2,1-2H3,(H,22,26). The average Bonchev–Trinajstić information content (AvgIpc) is 2.69. The highest BCUT2D eigenvalue weighted by molar-refractivity contribution is 5.93. The maximum Gasteiger partial charge on any atom is 0.227 e. The summed E-state index contributed by atoms with van der Waals surface area (Å²) in [5, 5.41) is 3.05. The van der Waals surface area contributed by atoms with Gasteiger partial charge in [-0.05, 0) is 51.2 Å². The zero-order chi connectivity index (χ0) is 19.4. The van der Waals surface area contributed by atoms with Gasteiger partial charge in [-0.1, -0.05) is 17.7 Å². The third-order valence-corrected chi connectivity index (χ3v) is 5.86. The van der Waals surface area contributed by atoms with Gasteiger partial charge in [0.15, 0.2) is 0 Å². The van der Waals surface area contributed by atoms with Crippen LogP contribution in [0.5, 0.6) is 0 Å². The molecule has 0 unspecified atom stereocenters. The lowest BCUT2D eigenvalue weighted by molar-refractivity contribution is -0.140. The number of anilines is 1. The fraction of sp³-hybridized carbons (Fsp3) is 0.571. The van der Waals surface area contributed by atoms with Crippen LogP contribution in [0.3, 0.4) is 0 Å². The summed E-state index contributed by atoms with van der Waals surface area (Å²) in [6.07, 6.45) is 3.87. The van der Waals surface area contributed by atoms with Crippen molar-refractivity contribution in [3.8, 4) is 0 Å². The fourth-order valence-corrected chi connectivity index (χ4v) is 4.10. The lowest BCUT2D eigenvalue weighted by Gasteiger charge is -2.36. The van der Waals surface area contributed by atoms with Gasteiger partial charge in [-0.25, -0.2) is 0 Å². The van der Waals surface area contributed by atoms with E-state index in [9.17, 15) is 14.4 Å². The van der Waals surface area contributed by atoms with Gasteiger partial charge >= 0.3 is 0 Å². The SMILES string of the molecule is Cc1ccc(NC(=O)C2CCC(C(=O)N3CCN(C=O)CC3)CC2)c(C)c1. The highest BCUT2D eigenvalue weighted by Crippen LogP contribution is 2.31. The third-order valence-electron chi connectivity index (χ3n) is 5.86. The van der Waals surface area contributed by atoms with Crippen LogP contribution in [0.2, 0.25) is 0 Å². The smallest absolute Gasteiger partial charge is 0.227 e. The van der Waals surface area contributed by atoms with E-state index in [2.05, 4.69) is 11.4 Å². The summed E-state index contributed by atoms with van der Waals surface area (Å²) >= 11 is 0. The molecule has 1 heterocycles. The predicted octanol–water partition coefficient (Wildman–Crippen LogP) is 2.35. The predicted molar refractivity (Wildman–Crippen MR) is 104 cm³/mol. The van der Waals surface area contributed by atoms with Crippen molar-refractivity contribution in [2.24, 2.45) is 11.8 Å². The molecule has 1 aromatic rings. The second-order valence-corrected chi connectivity index (χ2v) is 7.82. The molecular formula is C21H29N3O3. The van der Waals surface area contributed by atoms with Crippen molar-refractivity contribution >= 4 is 23.9 Å². The molecule has 146 valence electrons. The van der Waals surface area contributed by atoms with Crippen molar-refractivity contribution in [3.05, 3.63) is 29.3 Å². The van der Waals surface area contributed by atoms with E-state index in [1.54, 1.807) is 4.90 Å². The van der Waals surface area contributed by atoms with Crippen LogP contribution in [0.4, 0.5) is 5.69 Å². The van der Waals surface area contributed by atoms with Gasteiger partial charge in [-0.3, -0.25) is 14.4 Å². The first-order chi connectivity index (χ1) is 13.0. The van der Waals surface area contributed by atoms with Gasteiger partial charge in [0.05, 0.1) is 0 Å². The molecule has 0 aromatic heterocycles. The van der Waals surface area contributed by atoms with Crippen LogP contribution in [0, 0.1) is 25.7 Å². The Hall–Kier alpha value is -2.37. The third kappa shape index (κ3) is 4.67. The van der Waals surface area contributed by atoms with E-state index in [0.29, 0.717) is 26.2 Å². The topological polar surface area (TPSA) is 69.7 Å². The molecule has 0 radical (unpaired) electrons. The second kappa shape index (κ2) is 8.55. The lowest BCUT2D eigenvalue weighted by Crippen LogP contribution is -2.50. The largest absolute Gasteiger partial charge is 0.342 e. The van der Waals surface area contributed by atoms with Gasteiger partial charge < -0.3 is 15.1 Å². The summed E-state index contributed by atoms with van der Waals surface area (Å²) < 4.78 is 0. The molecule has 0 bridgehead atoms. The Kier molecular flexibility index (Phi) is 6.14. The summed E-state index contributed by atoms with van der Waals surface area (Å²) in [5.74, 6) is 0.237. The molecule has 1 aliphatic heterocycles. The van der Waals surface area contributed by atoms with Gasteiger partial charge in [0.25, 0.3) is 0 Å². The normalized spacial score (nSPS) is 23.0. The molecule has 27 heavy (non-hydrogen) atoms. The first kappa shape index (κ1) is 19.4. The maximum atomic E-state index is 12.7. The molecule has 3 rings (SSSR count). The van der Waals surface area contributed by atoms with E-state index in [4.69, 9.17) is 0 Å². The molecule has 0 atom stereocenters. The number of carbonyl (C=O) groups is 3. The number of nitrogens with zero attached hydrogens (tertiary/aromatic N) is 2. The van der Waals surface area contributed by atoms with Crippen LogP contribution in [0.25, 0.3) is 0 Å². The minimum absolute atomic E-state index is 0.0120. The number of hydrogen-bond acceptors (Lipinski definition) is 3. The molecule has 1 saturated heterocycles. The minimum Gasteiger partial charge on any atom is -0.342 e. The van der Waals surface area contributed by atoms with Gasteiger partial charge in [-0.2, -0.15) is 0 Å². The second-order valence-electron chi connectivity index (χ2n) is 7.82. The van der Waals surface area contributed by atoms with E-state index >= 15 is 0 Å². The van der Waals surface area contributed by atoms with Crippen molar-refractivity contribution in [2.45, 2.75) is 39.5 Å². The highest BCUT2D eigenvalue weighted by Gasteiger charge is 2.33. The number of piperazine rings is 1. The van der Waals surface area contributed by atoms with Crippen molar-refractivity contribution in [1.82, 2.24) is 9.80 Å². The number of carbonyl (C=O) groups excluding carboxylic acids is 3. The van der Waals surface area contributed by atoms with Gasteiger partial charge in [-0.15, -0.1) is 0 Å². The molecule has 6 nitrogen and oxygen atoms in total. The van der Waals surface area contributed by atoms with Crippen LogP contribution >= 0.6 is 0 Å². The van der Waals surface area contributed by atoms with Crippen molar-refractivity contribution in [1.29, 1.82) is 0 Å². The molecule has 1 saturated carbocycles. The Morgan fingerprint density at radius 2 is 1.63 bits per heavy atom. The first-order valence-corrected chi connectivity index (χ1v) is 9.84. The maximum absolute atomic E-state index is 12.7. The Morgan fingerprint density at radius 3 is 2.22 bits per heavy atom. The summed E-state index contributed by atoms with van der Waals surface area (Å²) in [5.41, 5.74) is 3.12. The molecule has 3 amide bonds. The van der Waals surface area contributed by atoms with Gasteiger partial charge in [0.1, 0.15) is 0 Å². The molecule has 0 spiro atoms. The Morgan fingerprint density at radius 1 is 1.00 bits per heavy atom. The summed E-state index contributed by atoms with van der Waals surface area (Å²) in [7, 11) is 0. The number of amides is 3. The van der Waals surface area contributed by atoms with Gasteiger partial charge in [0, 0.05) is 43.7 Å². The van der Waals surface area contributed by atoms with Crippen LogP contribution in [0.15, 0.2) is 18.2 Å². The van der Waals surface area contributed by atoms with E-state index in [1.165, 1.54) is 5.56 Å². The number of rotatable bonds is 4. The van der Waals surface area contributed by atoms with E-state index in [-0.39, 0.29) is 23.7 Å². The number of benzene rings is 1. The monoisotopic (exact) mass is 371 g/mol. The average molecular weight is 371 g/mol. The molecule has 1 N–H and O–H groups in total. The van der Waals surface area contributed by atoms with Crippen molar-refractivity contribution in [3.63, 3.8) is 0 Å². The number of nitrogens with one attached hydrogen (secondary N) is 1. The first-order valence-electron chi connectivity index (χ1n) is 9.84. The zero-order valence-electron chi connectivity index (χ0n) is 16.2. The molecule has 6 heteroatoms. The molecular weight excluding hydrogens is 342 g/mol. The quantitative estimate of drug-likeness (QED) is 0.826. The van der Waals surface area contributed by atoms with Crippen LogP contribution in [-0.4, -0.2) is 54.2 Å². The molecule has 1 aromatic carbocycles. The van der Waals surface area contributed by atoms with Crippen molar-refractivity contribution < 1.29 is 14.4 Å². The Labute approximate surface area is 160 Å². The number of hydrogen-bond donors (Lipinski definition) is 1. The van der Waals surface area contributed by atoms with Gasteiger partial charge in [0.2, 0.25) is 18.2 Å². The number of aryl methyl sites for hydroxylation is 2. The fourth-order valence-electron chi connectivity index (χ4n) is 4.10. The Balaban J connectivity index is 1.49. The van der Waals surface area contributed by atoms with Crippen LogP contribution in [0.1, 0.15) is 36.8 Å². The van der Waals surface area contributed by atoms with Crippen LogP contribution in [-0.2, 0) is 14.4 Å². The van der Waals surface area contributed by atoms with Crippen molar-refractivity contribution in [2.75, 3.05) is 31.5 Å². The van der Waals surface area contributed by atoms with E-state index in [1.807, 2.05) is 30.9 Å². The summed E-state index contributed by atoms with van der Waals surface area (Å²) in [6, 6.07) is 6.02. The minimum atomic E-state index is -0.0262. The summed E-state index contributed by atoms with van der Waals surface area (Å²) in [4.78, 5) is 39.7. The van der Waals surface area contributed by atoms with Crippen LogP contribution < -0.4 is 5.32 Å².